The van der Waals surface area contributed by atoms with Crippen molar-refractivity contribution < 1.29 is 13.3 Å². The number of hydrogen-bond acceptors (Lipinski definition) is 3. The van der Waals surface area contributed by atoms with E-state index in [0.717, 1.165) is 31.7 Å². The van der Waals surface area contributed by atoms with Crippen molar-refractivity contribution in [3.05, 3.63) is 35.6 Å². The van der Waals surface area contributed by atoms with Crippen LogP contribution in [-0.4, -0.2) is 5.16 Å². The lowest BCUT2D eigenvalue weighted by atomic mass is 9.82. The van der Waals surface area contributed by atoms with Gasteiger partial charge < -0.3 is 10.3 Å². The summed E-state index contributed by atoms with van der Waals surface area (Å²) in [4.78, 5) is 0. The lowest BCUT2D eigenvalue weighted by Gasteiger charge is -2.21. The summed E-state index contributed by atoms with van der Waals surface area (Å²) >= 11 is 0. The summed E-state index contributed by atoms with van der Waals surface area (Å²) in [6, 6.07) is 3.35. The molecule has 0 radical (unpaired) electrons. The molecule has 1 fully saturated rings. The van der Waals surface area contributed by atoms with E-state index in [0.29, 0.717) is 16.9 Å². The third kappa shape index (κ3) is 2.07. The molecule has 0 atom stereocenters. The molecular formula is C15H16F2N2O. The zero-order valence-corrected chi connectivity index (χ0v) is 11.2. The molecule has 0 amide bonds. The Morgan fingerprint density at radius 3 is 2.35 bits per heavy atom. The summed E-state index contributed by atoms with van der Waals surface area (Å²) in [6.45, 7) is 2.08. The van der Waals surface area contributed by atoms with E-state index in [1.165, 1.54) is 12.1 Å². The van der Waals surface area contributed by atoms with Crippen LogP contribution in [0.5, 0.6) is 0 Å². The third-order valence-electron chi connectivity index (χ3n) is 4.12. The summed E-state index contributed by atoms with van der Waals surface area (Å²) in [7, 11) is 0. The van der Waals surface area contributed by atoms with E-state index in [9.17, 15) is 8.78 Å². The summed E-state index contributed by atoms with van der Waals surface area (Å²) < 4.78 is 32.2. The van der Waals surface area contributed by atoms with Gasteiger partial charge in [0, 0.05) is 11.5 Å². The second-order valence-electron chi connectivity index (χ2n) is 5.70. The first-order valence-electron chi connectivity index (χ1n) is 6.72. The first kappa shape index (κ1) is 13.1. The maximum atomic E-state index is 13.4. The monoisotopic (exact) mass is 278 g/mol. The molecule has 20 heavy (non-hydrogen) atoms. The highest BCUT2D eigenvalue weighted by atomic mass is 19.1. The number of aromatic nitrogens is 1. The maximum Gasteiger partial charge on any atom is 0.175 e. The number of nitrogens with zero attached hydrogens (tertiary/aromatic N) is 1. The van der Waals surface area contributed by atoms with Crippen LogP contribution in [0.15, 0.2) is 22.7 Å². The van der Waals surface area contributed by atoms with Crippen molar-refractivity contribution in [3.63, 3.8) is 0 Å². The minimum Gasteiger partial charge on any atom is -0.380 e. The van der Waals surface area contributed by atoms with E-state index in [4.69, 9.17) is 10.3 Å². The van der Waals surface area contributed by atoms with Crippen LogP contribution in [0.2, 0.25) is 0 Å². The van der Waals surface area contributed by atoms with Crippen LogP contribution in [0.3, 0.4) is 0 Å². The highest BCUT2D eigenvalue weighted by Gasteiger charge is 2.37. The van der Waals surface area contributed by atoms with Crippen LogP contribution >= 0.6 is 0 Å². The molecule has 3 nitrogen and oxygen atoms in total. The lowest BCUT2D eigenvalue weighted by molar-refractivity contribution is 0.307. The quantitative estimate of drug-likeness (QED) is 0.902. The molecule has 0 saturated heterocycles. The Hall–Kier alpha value is -1.91. The standard InChI is InChI=1S/C15H16F2N2O/c1-15(4-2-3-5-15)13-12(14(18)19-20-13)9-6-10(16)8-11(17)7-9/h6-8H,2-5H2,1H3,(H2,18,19). The molecule has 0 bridgehead atoms. The van der Waals surface area contributed by atoms with Crippen molar-refractivity contribution >= 4 is 5.82 Å². The Morgan fingerprint density at radius 2 is 1.75 bits per heavy atom. The van der Waals surface area contributed by atoms with Gasteiger partial charge in [-0.15, -0.1) is 0 Å². The highest BCUT2D eigenvalue weighted by molar-refractivity contribution is 5.76. The third-order valence-corrected chi connectivity index (χ3v) is 4.12. The molecule has 2 aromatic rings. The topological polar surface area (TPSA) is 52.0 Å². The summed E-state index contributed by atoms with van der Waals surface area (Å²) in [5, 5.41) is 3.80. The fourth-order valence-electron chi connectivity index (χ4n) is 3.07. The molecule has 0 spiro atoms. The smallest absolute Gasteiger partial charge is 0.175 e. The number of nitrogen functional groups attached to an aromatic ring is 1. The minimum atomic E-state index is -0.636. The van der Waals surface area contributed by atoms with Crippen molar-refractivity contribution in [1.29, 1.82) is 0 Å². The van der Waals surface area contributed by atoms with Crippen molar-refractivity contribution in [2.75, 3.05) is 5.73 Å². The van der Waals surface area contributed by atoms with Crippen LogP contribution in [0, 0.1) is 11.6 Å². The maximum absolute atomic E-state index is 13.4. The van der Waals surface area contributed by atoms with Gasteiger partial charge in [-0.3, -0.25) is 0 Å². The predicted molar refractivity (Wildman–Crippen MR) is 72.1 cm³/mol. The van der Waals surface area contributed by atoms with Crippen molar-refractivity contribution in [3.8, 4) is 11.1 Å². The van der Waals surface area contributed by atoms with Crippen molar-refractivity contribution in [2.24, 2.45) is 0 Å². The number of halogens is 2. The Kier molecular flexibility index (Phi) is 3.00. The molecule has 1 aromatic carbocycles. The molecular weight excluding hydrogens is 262 g/mol. The number of anilines is 1. The lowest BCUT2D eigenvalue weighted by Crippen LogP contribution is -2.17. The molecule has 1 aliphatic carbocycles. The van der Waals surface area contributed by atoms with Gasteiger partial charge in [-0.25, -0.2) is 8.78 Å². The second kappa shape index (κ2) is 4.58. The Labute approximate surface area is 115 Å². The van der Waals surface area contributed by atoms with Gasteiger partial charge in [0.15, 0.2) is 11.6 Å². The van der Waals surface area contributed by atoms with Crippen LogP contribution in [0.4, 0.5) is 14.6 Å². The Bertz CT molecular complexity index is 625. The molecule has 1 aliphatic rings. The highest BCUT2D eigenvalue weighted by Crippen LogP contribution is 2.46. The van der Waals surface area contributed by atoms with Crippen LogP contribution < -0.4 is 5.73 Å². The molecule has 106 valence electrons. The first-order valence-corrected chi connectivity index (χ1v) is 6.72. The summed E-state index contributed by atoms with van der Waals surface area (Å²) in [5.41, 5.74) is 6.59. The number of benzene rings is 1. The van der Waals surface area contributed by atoms with Gasteiger partial charge in [-0.2, -0.15) is 0 Å². The zero-order chi connectivity index (χ0) is 14.3. The summed E-state index contributed by atoms with van der Waals surface area (Å²) in [6.07, 6.45) is 4.14. The molecule has 2 N–H and O–H groups in total. The van der Waals surface area contributed by atoms with Crippen LogP contribution in [0.25, 0.3) is 11.1 Å². The average molecular weight is 278 g/mol. The van der Waals surface area contributed by atoms with E-state index in [1.54, 1.807) is 0 Å². The normalized spacial score (nSPS) is 17.6. The molecule has 1 saturated carbocycles. The van der Waals surface area contributed by atoms with Crippen molar-refractivity contribution in [2.45, 2.75) is 38.0 Å². The van der Waals surface area contributed by atoms with E-state index >= 15 is 0 Å². The van der Waals surface area contributed by atoms with E-state index in [2.05, 4.69) is 12.1 Å². The van der Waals surface area contributed by atoms with Crippen molar-refractivity contribution in [1.82, 2.24) is 5.16 Å². The van der Waals surface area contributed by atoms with Crippen LogP contribution in [0.1, 0.15) is 38.4 Å². The number of hydrogen-bond donors (Lipinski definition) is 1. The zero-order valence-electron chi connectivity index (χ0n) is 11.2. The molecule has 1 heterocycles. The Morgan fingerprint density at radius 1 is 1.15 bits per heavy atom. The van der Waals surface area contributed by atoms with E-state index < -0.39 is 11.6 Å². The molecule has 0 unspecified atom stereocenters. The fraction of sp³-hybridized carbons (Fsp3) is 0.400. The van der Waals surface area contributed by atoms with E-state index in [1.807, 2.05) is 0 Å². The molecule has 0 aliphatic heterocycles. The molecule has 1 aromatic heterocycles. The average Bonchev–Trinajstić information content (AvgIpc) is 2.95. The van der Waals surface area contributed by atoms with Gasteiger partial charge in [0.2, 0.25) is 0 Å². The Balaban J connectivity index is 2.16. The van der Waals surface area contributed by atoms with Gasteiger partial charge >= 0.3 is 0 Å². The molecule has 5 heteroatoms. The van der Waals surface area contributed by atoms with Gasteiger partial charge in [-0.1, -0.05) is 24.9 Å². The van der Waals surface area contributed by atoms with Crippen LogP contribution in [-0.2, 0) is 5.41 Å². The minimum absolute atomic E-state index is 0.164. The van der Waals surface area contributed by atoms with Gasteiger partial charge in [-0.05, 0) is 30.5 Å². The fourth-order valence-corrected chi connectivity index (χ4v) is 3.07. The SMILES string of the molecule is CC1(c2onc(N)c2-c2cc(F)cc(F)c2)CCCC1. The largest absolute Gasteiger partial charge is 0.380 e. The predicted octanol–water partition coefficient (Wildman–Crippen LogP) is 4.03. The van der Waals surface area contributed by atoms with Gasteiger partial charge in [0.05, 0.1) is 5.56 Å². The van der Waals surface area contributed by atoms with Gasteiger partial charge in [0.25, 0.3) is 0 Å². The summed E-state index contributed by atoms with van der Waals surface area (Å²) in [5.74, 6) is -0.457. The first-order chi connectivity index (χ1) is 9.49. The van der Waals surface area contributed by atoms with Gasteiger partial charge in [0.1, 0.15) is 11.6 Å². The molecule has 3 rings (SSSR count). The second-order valence-corrected chi connectivity index (χ2v) is 5.70. The number of nitrogens with two attached hydrogens (primary N) is 1. The number of rotatable bonds is 2. The van der Waals surface area contributed by atoms with E-state index in [-0.39, 0.29) is 11.2 Å².